The van der Waals surface area contributed by atoms with Crippen molar-refractivity contribution in [2.75, 3.05) is 7.11 Å². The minimum Gasteiger partial charge on any atom is -0.497 e. The second kappa shape index (κ2) is 6.70. The van der Waals surface area contributed by atoms with Crippen LogP contribution in [0.25, 0.3) is 0 Å². The number of rotatable bonds is 6. The Morgan fingerprint density at radius 1 is 1.21 bits per heavy atom. The van der Waals surface area contributed by atoms with Crippen LogP contribution in [0.2, 0.25) is 5.02 Å². The van der Waals surface area contributed by atoms with Crippen molar-refractivity contribution in [2.24, 2.45) is 5.92 Å². The molecule has 1 fully saturated rings. The highest BCUT2D eigenvalue weighted by Gasteiger charge is 2.35. The molecule has 1 aliphatic carbocycles. The Kier molecular flexibility index (Phi) is 4.80. The molecule has 0 bridgehead atoms. The molecule has 1 N–H and O–H groups in total. The van der Waals surface area contributed by atoms with Crippen LogP contribution in [0.4, 0.5) is 4.39 Å². The van der Waals surface area contributed by atoms with E-state index in [0.29, 0.717) is 5.75 Å². The van der Waals surface area contributed by atoms with Crippen molar-refractivity contribution < 1.29 is 17.5 Å². The smallest absolute Gasteiger partial charge is 0.241 e. The summed E-state index contributed by atoms with van der Waals surface area (Å²) in [5.41, 5.74) is 0.870. The second-order valence-electron chi connectivity index (χ2n) is 5.79. The Morgan fingerprint density at radius 3 is 2.42 bits per heavy atom. The van der Waals surface area contributed by atoms with Gasteiger partial charge in [0.05, 0.1) is 17.0 Å². The molecular formula is C17H17ClFNO3S. The van der Waals surface area contributed by atoms with Crippen LogP contribution < -0.4 is 9.46 Å². The molecule has 7 heteroatoms. The molecule has 0 spiro atoms. The van der Waals surface area contributed by atoms with Gasteiger partial charge in [-0.25, -0.2) is 17.5 Å². The van der Waals surface area contributed by atoms with Gasteiger partial charge in [-0.3, -0.25) is 0 Å². The minimum absolute atomic E-state index is 0.0481. The van der Waals surface area contributed by atoms with Gasteiger partial charge in [-0.2, -0.15) is 0 Å². The SMILES string of the molecule is COc1ccc(C(NS(=O)(=O)c2ccc(F)c(Cl)c2)C2CC2)cc1. The van der Waals surface area contributed by atoms with Gasteiger partial charge in [0.1, 0.15) is 11.6 Å². The lowest BCUT2D eigenvalue weighted by atomic mass is 10.0. The maximum absolute atomic E-state index is 13.3. The van der Waals surface area contributed by atoms with Gasteiger partial charge in [-0.15, -0.1) is 0 Å². The average molecular weight is 370 g/mol. The van der Waals surface area contributed by atoms with E-state index < -0.39 is 15.8 Å². The Hall–Kier alpha value is -1.63. The Bertz CT molecular complexity index is 835. The van der Waals surface area contributed by atoms with E-state index in [1.54, 1.807) is 19.2 Å². The number of nitrogens with one attached hydrogen (secondary N) is 1. The van der Waals surface area contributed by atoms with Crippen molar-refractivity contribution in [1.29, 1.82) is 0 Å². The maximum atomic E-state index is 13.3. The van der Waals surface area contributed by atoms with Crippen molar-refractivity contribution in [3.63, 3.8) is 0 Å². The van der Waals surface area contributed by atoms with Gasteiger partial charge in [0.2, 0.25) is 10.0 Å². The van der Waals surface area contributed by atoms with Gasteiger partial charge < -0.3 is 4.74 Å². The zero-order valence-electron chi connectivity index (χ0n) is 13.0. The monoisotopic (exact) mass is 369 g/mol. The highest BCUT2D eigenvalue weighted by Crippen LogP contribution is 2.42. The van der Waals surface area contributed by atoms with Crippen molar-refractivity contribution in [2.45, 2.75) is 23.8 Å². The zero-order chi connectivity index (χ0) is 17.3. The fourth-order valence-corrected chi connectivity index (χ4v) is 4.12. The second-order valence-corrected chi connectivity index (χ2v) is 7.91. The molecule has 4 nitrogen and oxygen atoms in total. The molecule has 1 saturated carbocycles. The van der Waals surface area contributed by atoms with E-state index in [-0.39, 0.29) is 21.9 Å². The highest BCUT2D eigenvalue weighted by atomic mass is 35.5. The zero-order valence-corrected chi connectivity index (χ0v) is 14.6. The molecule has 24 heavy (non-hydrogen) atoms. The summed E-state index contributed by atoms with van der Waals surface area (Å²) in [6.07, 6.45) is 1.92. The number of benzene rings is 2. The quantitative estimate of drug-likeness (QED) is 0.839. The van der Waals surface area contributed by atoms with Crippen molar-refractivity contribution >= 4 is 21.6 Å². The van der Waals surface area contributed by atoms with Gasteiger partial charge in [0, 0.05) is 6.04 Å². The van der Waals surface area contributed by atoms with Crippen LogP contribution in [0.5, 0.6) is 5.75 Å². The van der Waals surface area contributed by atoms with Crippen molar-refractivity contribution in [3.8, 4) is 5.75 Å². The summed E-state index contributed by atoms with van der Waals surface area (Å²) in [6.45, 7) is 0. The molecule has 2 aromatic rings. The molecule has 128 valence electrons. The summed E-state index contributed by atoms with van der Waals surface area (Å²) in [6, 6.07) is 10.4. The maximum Gasteiger partial charge on any atom is 0.241 e. The van der Waals surface area contributed by atoms with Crippen LogP contribution >= 0.6 is 11.6 Å². The van der Waals surface area contributed by atoms with Gasteiger partial charge in [-0.1, -0.05) is 23.7 Å². The fraction of sp³-hybridized carbons (Fsp3) is 0.294. The standard InChI is InChI=1S/C17H17ClFNO3S/c1-23-13-6-4-12(5-7-13)17(11-2-3-11)20-24(21,22)14-8-9-16(19)15(18)10-14/h4-11,17,20H,2-3H2,1H3. The first-order chi connectivity index (χ1) is 11.4. The summed E-state index contributed by atoms with van der Waals surface area (Å²) in [5, 5.41) is -0.217. The van der Waals surface area contributed by atoms with Crippen molar-refractivity contribution in [1.82, 2.24) is 4.72 Å². The van der Waals surface area contributed by atoms with Crippen LogP contribution in [0, 0.1) is 11.7 Å². The molecule has 3 rings (SSSR count). The van der Waals surface area contributed by atoms with Crippen LogP contribution in [0.15, 0.2) is 47.4 Å². The largest absolute Gasteiger partial charge is 0.497 e. The van der Waals surface area contributed by atoms with Crippen LogP contribution in [0.3, 0.4) is 0 Å². The minimum atomic E-state index is -3.80. The van der Waals surface area contributed by atoms with E-state index in [2.05, 4.69) is 4.72 Å². The summed E-state index contributed by atoms with van der Waals surface area (Å²) >= 11 is 5.70. The molecule has 0 aromatic heterocycles. The number of hydrogen-bond donors (Lipinski definition) is 1. The Balaban J connectivity index is 1.88. The molecule has 0 saturated heterocycles. The third-order valence-electron chi connectivity index (χ3n) is 4.05. The van der Waals surface area contributed by atoms with Crippen LogP contribution in [-0.2, 0) is 10.0 Å². The molecule has 0 heterocycles. The lowest BCUT2D eigenvalue weighted by molar-refractivity contribution is 0.414. The van der Waals surface area contributed by atoms with Crippen molar-refractivity contribution in [3.05, 3.63) is 58.9 Å². The molecule has 2 aromatic carbocycles. The predicted molar refractivity (Wildman–Crippen MR) is 90.2 cm³/mol. The van der Waals surface area contributed by atoms with Crippen LogP contribution in [-0.4, -0.2) is 15.5 Å². The molecular weight excluding hydrogens is 353 g/mol. The summed E-state index contributed by atoms with van der Waals surface area (Å²) in [5.74, 6) is 0.315. The number of methoxy groups -OCH3 is 1. The summed E-state index contributed by atoms with van der Waals surface area (Å²) < 4.78 is 46.4. The van der Waals surface area contributed by atoms with Crippen LogP contribution in [0.1, 0.15) is 24.4 Å². The fourth-order valence-electron chi connectivity index (χ4n) is 2.56. The first-order valence-corrected chi connectivity index (χ1v) is 9.38. The van der Waals surface area contributed by atoms with Gasteiger partial charge in [0.15, 0.2) is 0 Å². The summed E-state index contributed by atoms with van der Waals surface area (Å²) in [4.78, 5) is -0.0481. The molecule has 0 amide bonds. The highest BCUT2D eigenvalue weighted by molar-refractivity contribution is 7.89. The molecule has 1 aliphatic rings. The molecule has 1 unspecified atom stereocenters. The van der Waals surface area contributed by atoms with E-state index >= 15 is 0 Å². The Morgan fingerprint density at radius 2 is 1.88 bits per heavy atom. The summed E-state index contributed by atoms with van der Waals surface area (Å²) in [7, 11) is -2.22. The first-order valence-electron chi connectivity index (χ1n) is 7.52. The van der Waals surface area contributed by atoms with E-state index in [9.17, 15) is 12.8 Å². The number of halogens is 2. The molecule has 0 radical (unpaired) electrons. The van der Waals surface area contributed by atoms with E-state index in [1.807, 2.05) is 12.1 Å². The topological polar surface area (TPSA) is 55.4 Å². The van der Waals surface area contributed by atoms with Gasteiger partial charge in [0.25, 0.3) is 0 Å². The lowest BCUT2D eigenvalue weighted by Crippen LogP contribution is -2.30. The number of hydrogen-bond acceptors (Lipinski definition) is 3. The van der Waals surface area contributed by atoms with Gasteiger partial charge in [-0.05, 0) is 54.7 Å². The van der Waals surface area contributed by atoms with E-state index in [0.717, 1.165) is 30.5 Å². The van der Waals surface area contributed by atoms with E-state index in [1.165, 1.54) is 6.07 Å². The predicted octanol–water partition coefficient (Wildman–Crippen LogP) is 3.92. The average Bonchev–Trinajstić information content (AvgIpc) is 3.40. The number of sulfonamides is 1. The Labute approximate surface area is 145 Å². The number of ether oxygens (including phenoxy) is 1. The third-order valence-corrected chi connectivity index (χ3v) is 5.78. The van der Waals surface area contributed by atoms with E-state index in [4.69, 9.17) is 16.3 Å². The van der Waals surface area contributed by atoms with Gasteiger partial charge >= 0.3 is 0 Å². The normalized spacial score (nSPS) is 16.0. The molecule has 1 atom stereocenters. The third kappa shape index (κ3) is 3.71. The lowest BCUT2D eigenvalue weighted by Gasteiger charge is -2.19. The first kappa shape index (κ1) is 17.2. The molecule has 0 aliphatic heterocycles.